The van der Waals surface area contributed by atoms with E-state index in [1.807, 2.05) is 0 Å². The first-order valence-electron chi connectivity index (χ1n) is 8.03. The maximum Gasteiger partial charge on any atom is 0.417 e. The van der Waals surface area contributed by atoms with Gasteiger partial charge in [-0.15, -0.1) is 0 Å². The fourth-order valence-corrected chi connectivity index (χ4v) is 2.93. The summed E-state index contributed by atoms with van der Waals surface area (Å²) in [6.07, 6.45) is -6.78. The first-order valence-corrected chi connectivity index (χ1v) is 8.03. The Morgan fingerprint density at radius 1 is 0.750 bits per heavy atom. The molecule has 3 rings (SSSR count). The van der Waals surface area contributed by atoms with Crippen molar-refractivity contribution in [2.45, 2.75) is 12.4 Å². The third kappa shape index (κ3) is 3.81. The van der Waals surface area contributed by atoms with Gasteiger partial charge in [-0.2, -0.15) is 26.3 Å². The van der Waals surface area contributed by atoms with Crippen LogP contribution in [0.25, 0.3) is 22.3 Å². The molecule has 28 heavy (non-hydrogen) atoms. The Balaban J connectivity index is 2.26. The molecule has 0 aliphatic heterocycles. The minimum atomic E-state index is -4.69. The Labute approximate surface area is 155 Å². The van der Waals surface area contributed by atoms with Gasteiger partial charge in [-0.3, -0.25) is 4.79 Å². The molecule has 0 fully saturated rings. The lowest BCUT2D eigenvalue weighted by Gasteiger charge is -2.15. The molecule has 0 aliphatic rings. The number of nitrogens with zero attached hydrogens (tertiary/aromatic N) is 1. The van der Waals surface area contributed by atoms with Crippen LogP contribution in [0, 0.1) is 0 Å². The second-order valence-electron chi connectivity index (χ2n) is 6.20. The van der Waals surface area contributed by atoms with E-state index in [4.69, 9.17) is 0 Å². The van der Waals surface area contributed by atoms with Crippen molar-refractivity contribution in [2.75, 3.05) is 0 Å². The van der Waals surface area contributed by atoms with Gasteiger partial charge in [0.05, 0.1) is 11.1 Å². The molecule has 2 aromatic carbocycles. The van der Waals surface area contributed by atoms with E-state index in [9.17, 15) is 31.1 Å². The highest BCUT2D eigenvalue weighted by Gasteiger charge is 2.34. The maximum absolute atomic E-state index is 13.3. The fraction of sp³-hybridized carbons (Fsp3) is 0.150. The second-order valence-corrected chi connectivity index (χ2v) is 6.20. The van der Waals surface area contributed by atoms with Crippen LogP contribution in [0.4, 0.5) is 26.3 Å². The maximum atomic E-state index is 13.3. The number of benzene rings is 2. The monoisotopic (exact) mass is 397 g/mol. The largest absolute Gasteiger partial charge is 0.417 e. The molecule has 0 bridgehead atoms. The van der Waals surface area contributed by atoms with Crippen LogP contribution < -0.4 is 5.43 Å². The van der Waals surface area contributed by atoms with Crippen LogP contribution in [0.5, 0.6) is 0 Å². The Morgan fingerprint density at radius 2 is 1.39 bits per heavy atom. The number of hydrogen-bond donors (Lipinski definition) is 0. The zero-order chi connectivity index (χ0) is 20.7. The van der Waals surface area contributed by atoms with Gasteiger partial charge in [-0.25, -0.2) is 0 Å². The molecule has 0 amide bonds. The Bertz CT molecular complexity index is 1080. The lowest BCUT2D eigenvalue weighted by molar-refractivity contribution is -0.138. The van der Waals surface area contributed by atoms with E-state index in [-0.39, 0.29) is 22.3 Å². The summed E-state index contributed by atoms with van der Waals surface area (Å²) >= 11 is 0. The summed E-state index contributed by atoms with van der Waals surface area (Å²) in [5.41, 5.74) is -3.45. The van der Waals surface area contributed by atoms with Crippen LogP contribution >= 0.6 is 0 Å². The molecule has 146 valence electrons. The minimum Gasteiger partial charge on any atom is -0.356 e. The molecule has 0 spiro atoms. The number of alkyl halides is 6. The normalized spacial score (nSPS) is 12.2. The van der Waals surface area contributed by atoms with Gasteiger partial charge in [-0.05, 0) is 29.3 Å². The Morgan fingerprint density at radius 3 is 2.04 bits per heavy atom. The average molecular weight is 397 g/mol. The molecule has 1 aromatic heterocycles. The van der Waals surface area contributed by atoms with Gasteiger partial charge >= 0.3 is 12.4 Å². The van der Waals surface area contributed by atoms with Crippen LogP contribution in [0.1, 0.15) is 11.1 Å². The summed E-state index contributed by atoms with van der Waals surface area (Å²) in [6, 6.07) is 8.70. The van der Waals surface area contributed by atoms with E-state index < -0.39 is 28.9 Å². The van der Waals surface area contributed by atoms with E-state index in [0.717, 1.165) is 30.3 Å². The van der Waals surface area contributed by atoms with E-state index in [0.29, 0.717) is 0 Å². The lowest BCUT2D eigenvalue weighted by atomic mass is 9.96. The third-order valence-corrected chi connectivity index (χ3v) is 4.18. The molecule has 0 radical (unpaired) electrons. The van der Waals surface area contributed by atoms with E-state index in [1.54, 1.807) is 0 Å². The molecule has 2 nitrogen and oxygen atoms in total. The molecule has 0 atom stereocenters. The van der Waals surface area contributed by atoms with Crippen LogP contribution in [0.3, 0.4) is 0 Å². The van der Waals surface area contributed by atoms with Gasteiger partial charge in [0.25, 0.3) is 0 Å². The predicted octanol–water partition coefficient (Wildman–Crippen LogP) is 5.76. The van der Waals surface area contributed by atoms with E-state index in [1.165, 1.54) is 42.2 Å². The van der Waals surface area contributed by atoms with Crippen molar-refractivity contribution in [1.82, 2.24) is 4.57 Å². The van der Waals surface area contributed by atoms with Crippen molar-refractivity contribution < 1.29 is 26.3 Å². The van der Waals surface area contributed by atoms with Crippen molar-refractivity contribution >= 4 is 0 Å². The second kappa shape index (κ2) is 6.85. The number of aryl methyl sites for hydroxylation is 1. The van der Waals surface area contributed by atoms with Crippen LogP contribution in [0.15, 0.2) is 65.7 Å². The Kier molecular flexibility index (Phi) is 4.82. The minimum absolute atomic E-state index is 0.0261. The number of rotatable bonds is 2. The molecule has 0 N–H and O–H groups in total. The topological polar surface area (TPSA) is 22.0 Å². The van der Waals surface area contributed by atoms with Crippen molar-refractivity contribution in [2.24, 2.45) is 7.05 Å². The smallest absolute Gasteiger partial charge is 0.356 e. The number of hydrogen-bond acceptors (Lipinski definition) is 1. The molecular formula is C20H13F6NO. The summed E-state index contributed by atoms with van der Waals surface area (Å²) in [4.78, 5) is 12.9. The zero-order valence-electron chi connectivity index (χ0n) is 14.4. The fourth-order valence-electron chi connectivity index (χ4n) is 2.93. The molecule has 1 heterocycles. The van der Waals surface area contributed by atoms with Gasteiger partial charge in [0.15, 0.2) is 5.43 Å². The Hall–Kier alpha value is -3.03. The highest BCUT2D eigenvalue weighted by Crippen LogP contribution is 2.37. The van der Waals surface area contributed by atoms with Crippen molar-refractivity contribution in [3.63, 3.8) is 0 Å². The first-order chi connectivity index (χ1) is 13.0. The van der Waals surface area contributed by atoms with Crippen LogP contribution in [-0.2, 0) is 19.4 Å². The highest BCUT2D eigenvalue weighted by molar-refractivity contribution is 5.74. The van der Waals surface area contributed by atoms with Gasteiger partial charge in [0, 0.05) is 30.6 Å². The van der Waals surface area contributed by atoms with Gasteiger partial charge in [0.1, 0.15) is 0 Å². The van der Waals surface area contributed by atoms with Crippen molar-refractivity contribution in [1.29, 1.82) is 0 Å². The highest BCUT2D eigenvalue weighted by atomic mass is 19.4. The SMILES string of the molecule is Cn1cc(-c2cccc(C(F)(F)F)c2)c(=O)c(-c2ccccc2C(F)(F)F)c1. The zero-order valence-corrected chi connectivity index (χ0v) is 14.4. The van der Waals surface area contributed by atoms with Crippen LogP contribution in [-0.4, -0.2) is 4.57 Å². The van der Waals surface area contributed by atoms with Gasteiger partial charge in [0.2, 0.25) is 0 Å². The van der Waals surface area contributed by atoms with E-state index in [2.05, 4.69) is 0 Å². The molecule has 0 saturated carbocycles. The lowest BCUT2D eigenvalue weighted by Crippen LogP contribution is -2.15. The number of pyridine rings is 1. The summed E-state index contributed by atoms with van der Waals surface area (Å²) in [5.74, 6) is 0. The van der Waals surface area contributed by atoms with E-state index >= 15 is 0 Å². The molecule has 0 aliphatic carbocycles. The quantitative estimate of drug-likeness (QED) is 0.504. The van der Waals surface area contributed by atoms with Crippen LogP contribution in [0.2, 0.25) is 0 Å². The summed E-state index contributed by atoms with van der Waals surface area (Å²) in [5, 5.41) is 0. The molecule has 0 saturated heterocycles. The predicted molar refractivity (Wildman–Crippen MR) is 92.6 cm³/mol. The summed E-state index contributed by atoms with van der Waals surface area (Å²) in [7, 11) is 1.48. The molecule has 8 heteroatoms. The third-order valence-electron chi connectivity index (χ3n) is 4.18. The van der Waals surface area contributed by atoms with Crippen molar-refractivity contribution in [3.8, 4) is 22.3 Å². The van der Waals surface area contributed by atoms with Gasteiger partial charge in [-0.1, -0.05) is 30.3 Å². The first kappa shape index (κ1) is 19.7. The molecule has 0 unspecified atom stereocenters. The summed E-state index contributed by atoms with van der Waals surface area (Å²) < 4.78 is 80.3. The standard InChI is InChI=1S/C20H13F6NO/c1-27-10-15(12-5-4-6-13(9-12)19(21,22)23)18(28)16(11-27)14-7-2-3-8-17(14)20(24,25)26/h2-11H,1H3. The average Bonchev–Trinajstić information content (AvgIpc) is 2.62. The number of aromatic nitrogens is 1. The summed E-state index contributed by atoms with van der Waals surface area (Å²) in [6.45, 7) is 0. The number of halogens is 6. The molecular weight excluding hydrogens is 384 g/mol. The van der Waals surface area contributed by atoms with Crippen molar-refractivity contribution in [3.05, 3.63) is 82.3 Å². The van der Waals surface area contributed by atoms with Gasteiger partial charge < -0.3 is 4.57 Å². The molecule has 3 aromatic rings.